The normalized spacial score (nSPS) is 13.2. The molecule has 1 aromatic rings. The van der Waals surface area contributed by atoms with Crippen LogP contribution in [0, 0.1) is 0 Å². The van der Waals surface area contributed by atoms with Gasteiger partial charge >= 0.3 is 0 Å². The molecule has 0 bridgehead atoms. The van der Waals surface area contributed by atoms with Gasteiger partial charge in [0.1, 0.15) is 16.2 Å². The van der Waals surface area contributed by atoms with Crippen molar-refractivity contribution < 1.29 is 13.2 Å². The number of hydrogen-bond acceptors (Lipinski definition) is 6. The number of hydrogen-bond donors (Lipinski definition) is 2. The summed E-state index contributed by atoms with van der Waals surface area (Å²) in [5.41, 5.74) is 5.60. The third kappa shape index (κ3) is 6.30. The molecule has 0 spiro atoms. The van der Waals surface area contributed by atoms with Crippen molar-refractivity contribution in [3.05, 3.63) is 12.2 Å². The Kier molecular flexibility index (Phi) is 5.43. The summed E-state index contributed by atoms with van der Waals surface area (Å²) in [4.78, 5) is 15.6. The van der Waals surface area contributed by atoms with Crippen molar-refractivity contribution in [1.82, 2.24) is 20.1 Å². The topological polar surface area (TPSA) is 120 Å². The molecule has 0 aliphatic rings. The van der Waals surface area contributed by atoms with E-state index in [1.807, 2.05) is 0 Å². The zero-order valence-corrected chi connectivity index (χ0v) is 11.9. The molecule has 0 fully saturated rings. The summed E-state index contributed by atoms with van der Waals surface area (Å²) in [7, 11) is -1.34. The number of nitrogens with two attached hydrogens (primary N) is 1. The van der Waals surface area contributed by atoms with Crippen LogP contribution in [0.15, 0.2) is 6.33 Å². The highest BCUT2D eigenvalue weighted by atomic mass is 32.2. The molecule has 1 rings (SSSR count). The Morgan fingerprint density at radius 2 is 2.26 bits per heavy atom. The second-order valence-corrected chi connectivity index (χ2v) is 6.66. The number of sulfone groups is 1. The van der Waals surface area contributed by atoms with Crippen LogP contribution in [-0.4, -0.2) is 53.7 Å². The van der Waals surface area contributed by atoms with Crippen LogP contribution in [0.1, 0.15) is 12.2 Å². The molecule has 1 heterocycles. The first-order valence-electron chi connectivity index (χ1n) is 5.83. The van der Waals surface area contributed by atoms with Crippen molar-refractivity contribution >= 4 is 15.7 Å². The van der Waals surface area contributed by atoms with E-state index in [-0.39, 0.29) is 18.1 Å². The van der Waals surface area contributed by atoms with Crippen molar-refractivity contribution in [3.8, 4) is 0 Å². The van der Waals surface area contributed by atoms with E-state index >= 15 is 0 Å². The quantitative estimate of drug-likeness (QED) is 0.613. The molecule has 1 amide bonds. The molecule has 0 saturated heterocycles. The third-order valence-corrected chi connectivity index (χ3v) is 3.41. The monoisotopic (exact) mass is 289 g/mol. The summed E-state index contributed by atoms with van der Waals surface area (Å²) in [5.74, 6) is 0.177. The Labute approximate surface area is 112 Å². The number of carbonyl (C=O) groups is 1. The lowest BCUT2D eigenvalue weighted by molar-refractivity contribution is -0.122. The number of carbonyl (C=O) groups excluding carboxylic acids is 1. The molecular weight excluding hydrogens is 270 g/mol. The largest absolute Gasteiger partial charge is 0.354 e. The maximum absolute atomic E-state index is 11.6. The fourth-order valence-corrected chi connectivity index (χ4v) is 2.08. The number of aromatic nitrogens is 3. The number of nitrogens with one attached hydrogen (secondary N) is 1. The minimum absolute atomic E-state index is 0.0939. The van der Waals surface area contributed by atoms with Crippen molar-refractivity contribution in [3.63, 3.8) is 0 Å². The van der Waals surface area contributed by atoms with Gasteiger partial charge in [-0.15, -0.1) is 0 Å². The first kappa shape index (κ1) is 15.6. The van der Waals surface area contributed by atoms with E-state index < -0.39 is 15.9 Å². The molecule has 1 aromatic heterocycles. The smallest absolute Gasteiger partial charge is 0.236 e. The van der Waals surface area contributed by atoms with Gasteiger partial charge in [-0.25, -0.2) is 13.4 Å². The fourth-order valence-electron chi connectivity index (χ4n) is 1.40. The highest BCUT2D eigenvalue weighted by molar-refractivity contribution is 7.90. The van der Waals surface area contributed by atoms with Gasteiger partial charge in [0.05, 0.1) is 11.8 Å². The molecule has 3 N–H and O–H groups in total. The molecule has 1 unspecified atom stereocenters. The number of aryl methyl sites for hydroxylation is 1. The maximum Gasteiger partial charge on any atom is 0.236 e. The van der Waals surface area contributed by atoms with Crippen LogP contribution >= 0.6 is 0 Å². The second kappa shape index (κ2) is 6.62. The van der Waals surface area contributed by atoms with Gasteiger partial charge in [-0.05, 0) is 6.42 Å². The third-order valence-electron chi connectivity index (χ3n) is 2.43. The van der Waals surface area contributed by atoms with Gasteiger partial charge in [-0.3, -0.25) is 9.48 Å². The maximum atomic E-state index is 11.6. The Morgan fingerprint density at radius 1 is 1.58 bits per heavy atom. The summed E-state index contributed by atoms with van der Waals surface area (Å²) in [5, 5.41) is 6.69. The second-order valence-electron chi connectivity index (χ2n) is 4.40. The number of amides is 1. The lowest BCUT2D eigenvalue weighted by Gasteiger charge is -2.10. The molecule has 0 aliphatic heterocycles. The Balaban J connectivity index is 2.27. The zero-order valence-electron chi connectivity index (χ0n) is 11.0. The molecule has 9 heteroatoms. The summed E-state index contributed by atoms with van der Waals surface area (Å²) >= 11 is 0. The van der Waals surface area contributed by atoms with E-state index in [1.54, 1.807) is 18.1 Å². The van der Waals surface area contributed by atoms with Crippen LogP contribution in [-0.2, 0) is 28.1 Å². The lowest BCUT2D eigenvalue weighted by atomic mass is 10.2. The van der Waals surface area contributed by atoms with E-state index in [4.69, 9.17) is 5.73 Å². The van der Waals surface area contributed by atoms with Crippen molar-refractivity contribution in [1.29, 1.82) is 0 Å². The summed E-state index contributed by atoms with van der Waals surface area (Å²) in [6, 6.07) is -0.814. The standard InChI is InChI=1S/C10H19N5O3S/c1-15-7-13-9(14-15)3-5-12-10(16)8(11)4-6-19(2,17)18/h7-8H,3-6,11H2,1-2H3,(H,12,16). The molecule has 8 nitrogen and oxygen atoms in total. The first-order chi connectivity index (χ1) is 8.78. The predicted molar refractivity (Wildman–Crippen MR) is 70.0 cm³/mol. The van der Waals surface area contributed by atoms with Gasteiger partial charge in [0.2, 0.25) is 5.91 Å². The molecule has 0 saturated carbocycles. The fraction of sp³-hybridized carbons (Fsp3) is 0.700. The Bertz CT molecular complexity index is 525. The molecule has 1 atom stereocenters. The van der Waals surface area contributed by atoms with Gasteiger partial charge in [-0.1, -0.05) is 0 Å². The van der Waals surface area contributed by atoms with Crippen molar-refractivity contribution in [2.45, 2.75) is 18.9 Å². The summed E-state index contributed by atoms with van der Waals surface area (Å²) in [6.07, 6.45) is 3.32. The van der Waals surface area contributed by atoms with Gasteiger partial charge < -0.3 is 11.1 Å². The average Bonchev–Trinajstić information content (AvgIpc) is 2.71. The van der Waals surface area contributed by atoms with E-state index in [0.717, 1.165) is 6.26 Å². The highest BCUT2D eigenvalue weighted by Gasteiger charge is 2.15. The van der Waals surface area contributed by atoms with Crippen molar-refractivity contribution in [2.24, 2.45) is 12.8 Å². The van der Waals surface area contributed by atoms with Crippen LogP contribution in [0.2, 0.25) is 0 Å². The molecule has 19 heavy (non-hydrogen) atoms. The van der Waals surface area contributed by atoms with Gasteiger partial charge in [0.25, 0.3) is 0 Å². The van der Waals surface area contributed by atoms with Crippen LogP contribution in [0.4, 0.5) is 0 Å². The molecular formula is C10H19N5O3S. The lowest BCUT2D eigenvalue weighted by Crippen LogP contribution is -2.42. The summed E-state index contributed by atoms with van der Waals surface area (Å²) in [6.45, 7) is 0.370. The Morgan fingerprint density at radius 3 is 2.79 bits per heavy atom. The molecule has 108 valence electrons. The van der Waals surface area contributed by atoms with Crippen LogP contribution in [0.3, 0.4) is 0 Å². The number of nitrogens with zero attached hydrogens (tertiary/aromatic N) is 3. The van der Waals surface area contributed by atoms with Gasteiger partial charge in [-0.2, -0.15) is 5.10 Å². The molecule has 0 aromatic carbocycles. The minimum atomic E-state index is -3.10. The summed E-state index contributed by atoms with van der Waals surface area (Å²) < 4.78 is 23.5. The zero-order chi connectivity index (χ0) is 14.5. The van der Waals surface area contributed by atoms with E-state index in [0.29, 0.717) is 18.8 Å². The highest BCUT2D eigenvalue weighted by Crippen LogP contribution is 1.94. The average molecular weight is 289 g/mol. The van der Waals surface area contributed by atoms with Gasteiger partial charge in [0.15, 0.2) is 5.82 Å². The Hall–Kier alpha value is -1.48. The number of rotatable bonds is 7. The van der Waals surface area contributed by atoms with E-state index in [2.05, 4.69) is 15.4 Å². The van der Waals surface area contributed by atoms with Gasteiger partial charge in [0, 0.05) is 26.3 Å². The minimum Gasteiger partial charge on any atom is -0.354 e. The first-order valence-corrected chi connectivity index (χ1v) is 7.89. The van der Waals surface area contributed by atoms with Crippen LogP contribution in [0.25, 0.3) is 0 Å². The van der Waals surface area contributed by atoms with E-state index in [9.17, 15) is 13.2 Å². The van der Waals surface area contributed by atoms with E-state index in [1.165, 1.54) is 0 Å². The molecule has 0 radical (unpaired) electrons. The molecule has 0 aliphatic carbocycles. The predicted octanol–water partition coefficient (Wildman–Crippen LogP) is -1.76. The van der Waals surface area contributed by atoms with Crippen LogP contribution < -0.4 is 11.1 Å². The SMILES string of the molecule is Cn1cnc(CCNC(=O)C(N)CCS(C)(=O)=O)n1. The van der Waals surface area contributed by atoms with Crippen LogP contribution in [0.5, 0.6) is 0 Å². The van der Waals surface area contributed by atoms with Crippen molar-refractivity contribution in [2.75, 3.05) is 18.6 Å².